The van der Waals surface area contributed by atoms with Gasteiger partial charge in [-0.05, 0) is 6.42 Å². The number of thiol groups is 1. The van der Waals surface area contributed by atoms with E-state index in [1.807, 2.05) is 0 Å². The van der Waals surface area contributed by atoms with Crippen LogP contribution in [-0.4, -0.2) is 96.1 Å². The summed E-state index contributed by atoms with van der Waals surface area (Å²) in [5, 5.41) is 21.4. The molecule has 0 rings (SSSR count). The van der Waals surface area contributed by atoms with Gasteiger partial charge >= 0.3 is 49.7 Å². The molecule has 0 bridgehead atoms. The van der Waals surface area contributed by atoms with E-state index < -0.39 is 42.4 Å². The molecule has 0 aromatic heterocycles. The number of rotatable bonds is 9. The Morgan fingerprint density at radius 3 is 2.24 bits per heavy atom. The average molecular weight is 349 g/mol. The number of aliphatic carboxylic acids is 2. The number of carbonyl (C=O) groups is 4. The van der Waals surface area contributed by atoms with Crippen LogP contribution in [-0.2, 0) is 19.2 Å². The van der Waals surface area contributed by atoms with Gasteiger partial charge in [-0.2, -0.15) is 12.6 Å². The van der Waals surface area contributed by atoms with Crippen molar-refractivity contribution in [3.8, 4) is 0 Å². The number of carboxylic acid groups (broad SMARTS) is 2. The summed E-state index contributed by atoms with van der Waals surface area (Å²) >= 11 is 3.87. The normalized spacial score (nSPS) is 12.5. The minimum Gasteiger partial charge on any atom is -1.00 e. The zero-order valence-electron chi connectivity index (χ0n) is 13.2. The number of nitrogens with one attached hydrogen (secondary N) is 2. The van der Waals surface area contributed by atoms with Gasteiger partial charge < -0.3 is 29.4 Å². The fraction of sp³-hybridized carbons (Fsp3) is 0.600. The molecule has 0 aliphatic carbocycles. The molecule has 0 unspecified atom stereocenters. The fourth-order valence-corrected chi connectivity index (χ4v) is 1.41. The molecule has 2 amide bonds. The third kappa shape index (κ3) is 10.8. The molecule has 0 spiro atoms. The van der Waals surface area contributed by atoms with Gasteiger partial charge in [-0.3, -0.25) is 19.2 Å². The van der Waals surface area contributed by atoms with Gasteiger partial charge in [-0.15, -0.1) is 0 Å². The van der Waals surface area contributed by atoms with E-state index in [4.69, 9.17) is 15.9 Å². The van der Waals surface area contributed by atoms with Crippen LogP contribution >= 0.6 is 12.6 Å². The van der Waals surface area contributed by atoms with Crippen LogP contribution in [0.5, 0.6) is 0 Å². The summed E-state index contributed by atoms with van der Waals surface area (Å²) in [6, 6.07) is -2.15. The van der Waals surface area contributed by atoms with Gasteiger partial charge in [0.05, 0.1) is 0 Å². The van der Waals surface area contributed by atoms with Crippen LogP contribution in [0.2, 0.25) is 0 Å². The van der Waals surface area contributed by atoms with Crippen LogP contribution in [0.1, 0.15) is 15.7 Å². The van der Waals surface area contributed by atoms with Gasteiger partial charge in [-0.1, -0.05) is 0 Å². The zero-order chi connectivity index (χ0) is 15.7. The van der Waals surface area contributed by atoms with Crippen LogP contribution in [0.25, 0.3) is 0 Å². The van der Waals surface area contributed by atoms with E-state index in [1.165, 1.54) is 0 Å². The molecule has 2 atom stereocenters. The molecule has 9 nitrogen and oxygen atoms in total. The minimum atomic E-state index is -1.22. The molecule has 21 heavy (non-hydrogen) atoms. The largest absolute Gasteiger partial charge is 2.00 e. The Morgan fingerprint density at radius 1 is 1.24 bits per heavy atom. The van der Waals surface area contributed by atoms with E-state index in [0.717, 1.165) is 0 Å². The maximum absolute atomic E-state index is 11.5. The molecule has 0 aromatic rings. The second kappa shape index (κ2) is 12.0. The summed E-state index contributed by atoms with van der Waals surface area (Å²) in [7, 11) is 0. The van der Waals surface area contributed by atoms with Crippen molar-refractivity contribution in [3.05, 3.63) is 0 Å². The Bertz CT molecular complexity index is 405. The quantitative estimate of drug-likeness (QED) is 0.201. The molecular formula is C10H19CaN3O6S. The van der Waals surface area contributed by atoms with Gasteiger partial charge in [-0.25, -0.2) is 0 Å². The van der Waals surface area contributed by atoms with Crippen molar-refractivity contribution in [2.24, 2.45) is 5.73 Å². The Morgan fingerprint density at radius 2 is 1.81 bits per heavy atom. The van der Waals surface area contributed by atoms with Gasteiger partial charge in [0.15, 0.2) is 0 Å². The average Bonchev–Trinajstić information content (AvgIpc) is 2.38. The molecule has 0 saturated carbocycles. The van der Waals surface area contributed by atoms with Gasteiger partial charge in [0.1, 0.15) is 18.6 Å². The minimum absolute atomic E-state index is 0. The Kier molecular flexibility index (Phi) is 13.0. The summed E-state index contributed by atoms with van der Waals surface area (Å²) in [5.41, 5.74) is 5.23. The maximum Gasteiger partial charge on any atom is 2.00 e. The predicted molar refractivity (Wildman–Crippen MR) is 79.3 cm³/mol. The molecular weight excluding hydrogens is 330 g/mol. The van der Waals surface area contributed by atoms with E-state index in [0.29, 0.717) is 0 Å². The summed E-state index contributed by atoms with van der Waals surface area (Å²) in [6.45, 7) is -0.567. The summed E-state index contributed by atoms with van der Waals surface area (Å²) in [5.74, 6) is -3.70. The molecule has 0 saturated heterocycles. The Hall–Kier alpha value is -0.550. The SMILES string of the molecule is N[C@@H](CCC(=O)N[C@@H](CS)C(=O)NCC(=O)O)C(=O)O.[Ca+2].[H-].[H-]. The fourth-order valence-electron chi connectivity index (χ4n) is 1.16. The van der Waals surface area contributed by atoms with Crippen molar-refractivity contribution < 1.29 is 32.2 Å². The Balaban J connectivity index is -0.000000602. The topological polar surface area (TPSA) is 159 Å². The van der Waals surface area contributed by atoms with Crippen LogP contribution in [0.3, 0.4) is 0 Å². The van der Waals surface area contributed by atoms with E-state index in [9.17, 15) is 19.2 Å². The zero-order valence-corrected chi connectivity index (χ0v) is 14.3. The maximum atomic E-state index is 11.5. The number of amides is 2. The van der Waals surface area contributed by atoms with Crippen LogP contribution in [0.4, 0.5) is 0 Å². The monoisotopic (exact) mass is 349 g/mol. The first kappa shape index (κ1) is 22.7. The number of hydrogen-bond acceptors (Lipinski definition) is 6. The smallest absolute Gasteiger partial charge is 1.00 e. The van der Waals surface area contributed by atoms with Crippen LogP contribution < -0.4 is 16.4 Å². The molecule has 118 valence electrons. The summed E-state index contributed by atoms with van der Waals surface area (Å²) in [4.78, 5) is 43.7. The second-order valence-electron chi connectivity index (χ2n) is 3.90. The van der Waals surface area contributed by atoms with Crippen LogP contribution in [0.15, 0.2) is 0 Å². The number of hydrogen-bond donors (Lipinski definition) is 6. The van der Waals surface area contributed by atoms with Crippen molar-refractivity contribution in [2.45, 2.75) is 24.9 Å². The van der Waals surface area contributed by atoms with Crippen LogP contribution in [0, 0.1) is 0 Å². The standard InChI is InChI=1S/C10H17N3O6S.Ca.2H/c11-5(10(18)19)1-2-7(14)13-6(4-20)9(17)12-3-8(15)16;;;/h5-6,20H,1-4,11H2,(H,12,17)(H,13,14)(H,15,16)(H,18,19);;;/q;+2;2*-1/t5-,6-;;;/m0.../s1. The van der Waals surface area contributed by atoms with E-state index >= 15 is 0 Å². The summed E-state index contributed by atoms with van der Waals surface area (Å²) in [6.07, 6.45) is -0.235. The van der Waals surface area contributed by atoms with E-state index in [-0.39, 0.29) is 59.2 Å². The van der Waals surface area contributed by atoms with Gasteiger partial charge in [0.25, 0.3) is 0 Å². The third-order valence-corrected chi connectivity index (χ3v) is 2.61. The van der Waals surface area contributed by atoms with E-state index in [1.54, 1.807) is 0 Å². The molecule has 0 aliphatic rings. The number of carboxylic acids is 2. The summed E-state index contributed by atoms with van der Waals surface area (Å²) < 4.78 is 0. The first-order valence-corrected chi connectivity index (χ1v) is 6.29. The van der Waals surface area contributed by atoms with Crippen molar-refractivity contribution in [1.29, 1.82) is 0 Å². The van der Waals surface area contributed by atoms with E-state index in [2.05, 4.69) is 23.3 Å². The number of carbonyl (C=O) groups excluding carboxylic acids is 2. The van der Waals surface area contributed by atoms with Crippen molar-refractivity contribution >= 4 is 74.1 Å². The molecule has 11 heteroatoms. The molecule has 0 radical (unpaired) electrons. The van der Waals surface area contributed by atoms with Crippen molar-refractivity contribution in [2.75, 3.05) is 12.3 Å². The first-order chi connectivity index (χ1) is 9.27. The van der Waals surface area contributed by atoms with Gasteiger partial charge in [0, 0.05) is 12.2 Å². The number of nitrogens with two attached hydrogens (primary N) is 1. The molecule has 0 heterocycles. The predicted octanol–water partition coefficient (Wildman–Crippen LogP) is -2.36. The van der Waals surface area contributed by atoms with Crippen molar-refractivity contribution in [3.63, 3.8) is 0 Å². The first-order valence-electron chi connectivity index (χ1n) is 5.66. The molecule has 0 aromatic carbocycles. The molecule has 0 fully saturated rings. The second-order valence-corrected chi connectivity index (χ2v) is 4.26. The third-order valence-electron chi connectivity index (χ3n) is 2.25. The molecule has 0 aliphatic heterocycles. The Labute approximate surface area is 159 Å². The van der Waals surface area contributed by atoms with Crippen molar-refractivity contribution in [1.82, 2.24) is 10.6 Å². The van der Waals surface area contributed by atoms with Gasteiger partial charge in [0.2, 0.25) is 11.8 Å². The molecule has 6 N–H and O–H groups in total.